The lowest BCUT2D eigenvalue weighted by atomic mass is 9.96. The van der Waals surface area contributed by atoms with Gasteiger partial charge in [0.1, 0.15) is 0 Å². The number of aryl methyl sites for hydroxylation is 1. The van der Waals surface area contributed by atoms with Crippen molar-refractivity contribution < 1.29 is 4.79 Å². The lowest BCUT2D eigenvalue weighted by Crippen LogP contribution is -2.51. The molecule has 0 aliphatic carbocycles. The standard InChI is InChI=1S/C13H22N4O.ClH/c1-9(14)12-6-4-5-7-17(12)13(18)11-8-15-16(3)10(11)2;/h8-9,12H,4-7,14H2,1-3H3;1H. The van der Waals surface area contributed by atoms with E-state index in [0.29, 0.717) is 5.56 Å². The number of piperidine rings is 1. The molecule has 2 rings (SSSR count). The fourth-order valence-electron chi connectivity index (χ4n) is 2.62. The summed E-state index contributed by atoms with van der Waals surface area (Å²) in [6.45, 7) is 4.71. The quantitative estimate of drug-likeness (QED) is 0.896. The van der Waals surface area contributed by atoms with Gasteiger partial charge in [-0.1, -0.05) is 0 Å². The summed E-state index contributed by atoms with van der Waals surface area (Å²) < 4.78 is 1.73. The summed E-state index contributed by atoms with van der Waals surface area (Å²) in [6.07, 6.45) is 4.88. The van der Waals surface area contributed by atoms with Crippen LogP contribution in [0.4, 0.5) is 0 Å². The Morgan fingerprint density at radius 1 is 1.53 bits per heavy atom. The molecule has 2 heterocycles. The van der Waals surface area contributed by atoms with Crippen molar-refractivity contribution in [2.24, 2.45) is 12.8 Å². The number of halogens is 1. The summed E-state index contributed by atoms with van der Waals surface area (Å²) >= 11 is 0. The van der Waals surface area contributed by atoms with Gasteiger partial charge in [-0.3, -0.25) is 9.48 Å². The van der Waals surface area contributed by atoms with Gasteiger partial charge in [-0.15, -0.1) is 12.4 Å². The summed E-state index contributed by atoms with van der Waals surface area (Å²) in [7, 11) is 1.85. The molecule has 6 heteroatoms. The Kier molecular flexibility index (Phi) is 5.38. The number of hydrogen-bond donors (Lipinski definition) is 1. The maximum Gasteiger partial charge on any atom is 0.257 e. The number of carbonyl (C=O) groups is 1. The van der Waals surface area contributed by atoms with Crippen molar-refractivity contribution in [2.75, 3.05) is 6.54 Å². The highest BCUT2D eigenvalue weighted by Gasteiger charge is 2.31. The molecule has 1 aromatic heterocycles. The summed E-state index contributed by atoms with van der Waals surface area (Å²) in [4.78, 5) is 14.5. The van der Waals surface area contributed by atoms with Gasteiger partial charge in [0.15, 0.2) is 0 Å². The number of nitrogens with two attached hydrogens (primary N) is 1. The van der Waals surface area contributed by atoms with E-state index in [1.165, 1.54) is 0 Å². The van der Waals surface area contributed by atoms with Crippen LogP contribution >= 0.6 is 12.4 Å². The highest BCUT2D eigenvalue weighted by Crippen LogP contribution is 2.22. The molecule has 0 bridgehead atoms. The Morgan fingerprint density at radius 3 is 2.74 bits per heavy atom. The predicted molar refractivity (Wildman–Crippen MR) is 77.5 cm³/mol. The molecule has 1 aliphatic rings. The largest absolute Gasteiger partial charge is 0.334 e. The maximum atomic E-state index is 12.6. The molecule has 0 spiro atoms. The van der Waals surface area contributed by atoms with Crippen molar-refractivity contribution >= 4 is 18.3 Å². The first-order valence-corrected chi connectivity index (χ1v) is 6.57. The van der Waals surface area contributed by atoms with Crippen LogP contribution in [-0.4, -0.2) is 39.2 Å². The summed E-state index contributed by atoms with van der Waals surface area (Å²) in [5.74, 6) is 0.0719. The van der Waals surface area contributed by atoms with Crippen LogP contribution in [0.1, 0.15) is 42.2 Å². The third-order valence-electron chi connectivity index (χ3n) is 3.88. The lowest BCUT2D eigenvalue weighted by molar-refractivity contribution is 0.0583. The zero-order chi connectivity index (χ0) is 13.3. The number of likely N-dealkylation sites (tertiary alicyclic amines) is 1. The second-order valence-corrected chi connectivity index (χ2v) is 5.19. The zero-order valence-corrected chi connectivity index (χ0v) is 12.6. The number of rotatable bonds is 2. The van der Waals surface area contributed by atoms with Gasteiger partial charge in [0.05, 0.1) is 11.8 Å². The first kappa shape index (κ1) is 16.0. The van der Waals surface area contributed by atoms with E-state index in [1.54, 1.807) is 10.9 Å². The Hall–Kier alpha value is -1.07. The van der Waals surface area contributed by atoms with Gasteiger partial charge in [0.2, 0.25) is 0 Å². The molecule has 108 valence electrons. The lowest BCUT2D eigenvalue weighted by Gasteiger charge is -2.38. The van der Waals surface area contributed by atoms with E-state index in [9.17, 15) is 4.79 Å². The van der Waals surface area contributed by atoms with Crippen LogP contribution in [-0.2, 0) is 7.05 Å². The van der Waals surface area contributed by atoms with Crippen LogP contribution < -0.4 is 5.73 Å². The fraction of sp³-hybridized carbons (Fsp3) is 0.692. The molecule has 1 fully saturated rings. The van der Waals surface area contributed by atoms with E-state index >= 15 is 0 Å². The van der Waals surface area contributed by atoms with Crippen LogP contribution in [0.5, 0.6) is 0 Å². The smallest absolute Gasteiger partial charge is 0.257 e. The highest BCUT2D eigenvalue weighted by atomic mass is 35.5. The normalized spacial score (nSPS) is 20.8. The van der Waals surface area contributed by atoms with Gasteiger partial charge >= 0.3 is 0 Å². The highest BCUT2D eigenvalue weighted by molar-refractivity contribution is 5.95. The number of nitrogens with zero attached hydrogens (tertiary/aromatic N) is 3. The molecular formula is C13H23ClN4O. The zero-order valence-electron chi connectivity index (χ0n) is 11.8. The first-order valence-electron chi connectivity index (χ1n) is 6.57. The number of amides is 1. The third kappa shape index (κ3) is 3.09. The molecule has 5 nitrogen and oxygen atoms in total. The second-order valence-electron chi connectivity index (χ2n) is 5.19. The Bertz CT molecular complexity index is 444. The van der Waals surface area contributed by atoms with Crippen molar-refractivity contribution in [2.45, 2.75) is 45.2 Å². The van der Waals surface area contributed by atoms with Crippen molar-refractivity contribution in [1.82, 2.24) is 14.7 Å². The van der Waals surface area contributed by atoms with E-state index in [2.05, 4.69) is 5.10 Å². The van der Waals surface area contributed by atoms with Crippen LogP contribution in [0.25, 0.3) is 0 Å². The Balaban J connectivity index is 0.00000180. The van der Waals surface area contributed by atoms with Gasteiger partial charge in [-0.2, -0.15) is 5.10 Å². The monoisotopic (exact) mass is 286 g/mol. The van der Waals surface area contributed by atoms with Crippen LogP contribution in [0.3, 0.4) is 0 Å². The van der Waals surface area contributed by atoms with Crippen molar-refractivity contribution in [1.29, 1.82) is 0 Å². The Labute approximate surface area is 120 Å². The molecule has 0 aromatic carbocycles. The second kappa shape index (κ2) is 6.39. The predicted octanol–water partition coefficient (Wildman–Crippen LogP) is 1.49. The van der Waals surface area contributed by atoms with Crippen molar-refractivity contribution in [3.63, 3.8) is 0 Å². The number of carbonyl (C=O) groups excluding carboxylic acids is 1. The van der Waals surface area contributed by atoms with Gasteiger partial charge in [-0.25, -0.2) is 0 Å². The molecule has 1 saturated heterocycles. The average Bonchev–Trinajstić information content (AvgIpc) is 2.69. The van der Waals surface area contributed by atoms with Crippen LogP contribution in [0, 0.1) is 6.92 Å². The minimum absolute atomic E-state index is 0. The third-order valence-corrected chi connectivity index (χ3v) is 3.88. The van der Waals surface area contributed by atoms with Gasteiger partial charge in [0, 0.05) is 31.4 Å². The topological polar surface area (TPSA) is 64.2 Å². The van der Waals surface area contributed by atoms with E-state index in [4.69, 9.17) is 5.73 Å². The molecule has 2 unspecified atom stereocenters. The minimum atomic E-state index is 0. The molecule has 0 saturated carbocycles. The van der Waals surface area contributed by atoms with E-state index in [0.717, 1.165) is 31.5 Å². The van der Waals surface area contributed by atoms with E-state index < -0.39 is 0 Å². The first-order chi connectivity index (χ1) is 8.52. The SMILES string of the molecule is Cc1c(C(=O)N2CCCCC2C(C)N)cnn1C.Cl. The van der Waals surface area contributed by atoms with Gasteiger partial charge in [-0.05, 0) is 33.1 Å². The molecule has 2 N–H and O–H groups in total. The molecule has 19 heavy (non-hydrogen) atoms. The molecule has 1 aromatic rings. The van der Waals surface area contributed by atoms with Crippen LogP contribution in [0.15, 0.2) is 6.20 Å². The summed E-state index contributed by atoms with van der Waals surface area (Å²) in [5.41, 5.74) is 7.61. The summed E-state index contributed by atoms with van der Waals surface area (Å²) in [6, 6.07) is 0.178. The summed E-state index contributed by atoms with van der Waals surface area (Å²) in [5, 5.41) is 4.14. The van der Waals surface area contributed by atoms with E-state index in [-0.39, 0.29) is 30.4 Å². The minimum Gasteiger partial charge on any atom is -0.334 e. The molecule has 2 atom stereocenters. The fourth-order valence-corrected chi connectivity index (χ4v) is 2.62. The Morgan fingerprint density at radius 2 is 2.21 bits per heavy atom. The van der Waals surface area contributed by atoms with E-state index in [1.807, 2.05) is 25.8 Å². The molecular weight excluding hydrogens is 264 g/mol. The van der Waals surface area contributed by atoms with Gasteiger partial charge in [0.25, 0.3) is 5.91 Å². The number of aromatic nitrogens is 2. The van der Waals surface area contributed by atoms with Crippen molar-refractivity contribution in [3.8, 4) is 0 Å². The molecule has 1 aliphatic heterocycles. The number of hydrogen-bond acceptors (Lipinski definition) is 3. The average molecular weight is 287 g/mol. The molecule has 0 radical (unpaired) electrons. The van der Waals surface area contributed by atoms with Crippen LogP contribution in [0.2, 0.25) is 0 Å². The van der Waals surface area contributed by atoms with Crippen molar-refractivity contribution in [3.05, 3.63) is 17.5 Å². The maximum absolute atomic E-state index is 12.6. The molecule has 1 amide bonds. The van der Waals surface area contributed by atoms with Gasteiger partial charge < -0.3 is 10.6 Å².